The summed E-state index contributed by atoms with van der Waals surface area (Å²) in [4.78, 5) is 13.7. The number of methoxy groups -OCH3 is 1. The maximum absolute atomic E-state index is 13.0. The van der Waals surface area contributed by atoms with E-state index in [0.717, 1.165) is 38.8 Å². The molecular weight excluding hydrogens is 386 g/mol. The van der Waals surface area contributed by atoms with Crippen LogP contribution in [0.4, 0.5) is 0 Å². The highest BCUT2D eigenvalue weighted by molar-refractivity contribution is 8.00. The smallest absolute Gasteiger partial charge is 0.165 e. The molecule has 1 aliphatic carbocycles. The van der Waals surface area contributed by atoms with Crippen LogP contribution in [0.1, 0.15) is 44.3 Å². The zero-order valence-corrected chi connectivity index (χ0v) is 17.1. The first-order chi connectivity index (χ1) is 13.7. The molecule has 0 bridgehead atoms. The summed E-state index contributed by atoms with van der Waals surface area (Å²) in [5.41, 5.74) is 4.05. The molecular formula is C23H19NO2S2. The van der Waals surface area contributed by atoms with E-state index in [0.29, 0.717) is 11.3 Å². The Morgan fingerprint density at radius 1 is 1.14 bits per heavy atom. The van der Waals surface area contributed by atoms with E-state index in [1.165, 1.54) is 16.9 Å². The Kier molecular flexibility index (Phi) is 5.52. The van der Waals surface area contributed by atoms with Crippen LogP contribution in [0.5, 0.6) is 5.75 Å². The third-order valence-electron chi connectivity index (χ3n) is 5.04. The molecule has 1 aliphatic rings. The highest BCUT2D eigenvalue weighted by Gasteiger charge is 2.32. The van der Waals surface area contributed by atoms with Crippen molar-refractivity contribution in [3.63, 3.8) is 0 Å². The topological polar surface area (TPSA) is 50.1 Å². The van der Waals surface area contributed by atoms with E-state index in [1.807, 2.05) is 42.5 Å². The lowest BCUT2D eigenvalue weighted by molar-refractivity contribution is 0.0962. The van der Waals surface area contributed by atoms with Gasteiger partial charge in [0.05, 0.1) is 11.3 Å². The fourth-order valence-electron chi connectivity index (χ4n) is 3.59. The van der Waals surface area contributed by atoms with Gasteiger partial charge in [-0.25, -0.2) is 0 Å². The van der Waals surface area contributed by atoms with Crippen molar-refractivity contribution in [2.75, 3.05) is 7.11 Å². The minimum absolute atomic E-state index is 0.111. The number of nitriles is 1. The number of benzene rings is 2. The van der Waals surface area contributed by atoms with Crippen LogP contribution in [-0.2, 0) is 12.2 Å². The van der Waals surface area contributed by atoms with E-state index in [4.69, 9.17) is 4.74 Å². The van der Waals surface area contributed by atoms with Crippen molar-refractivity contribution < 1.29 is 9.53 Å². The monoisotopic (exact) mass is 405 g/mol. The minimum Gasteiger partial charge on any atom is -0.497 e. The van der Waals surface area contributed by atoms with Gasteiger partial charge in [0.2, 0.25) is 0 Å². The number of carbonyl (C=O) groups is 1. The number of ketones is 1. The summed E-state index contributed by atoms with van der Waals surface area (Å²) in [5, 5.41) is 9.63. The molecule has 3 nitrogen and oxygen atoms in total. The zero-order valence-electron chi connectivity index (χ0n) is 15.5. The normalized spacial score (nSPS) is 15.7. The molecule has 1 heterocycles. The summed E-state index contributed by atoms with van der Waals surface area (Å²) in [6, 6.07) is 20.4. The number of ether oxygens (including phenoxy) is 1. The maximum atomic E-state index is 13.0. The number of hydrogen-bond donors (Lipinski definition) is 0. The summed E-state index contributed by atoms with van der Waals surface area (Å²) >= 11 is 3.12. The SMILES string of the molecule is COc1ccc([C@@H]2CC(=O)c3c(SCc4ccccc4)sc(C#N)c3C2)cc1. The molecule has 28 heavy (non-hydrogen) atoms. The van der Waals surface area contributed by atoms with Crippen molar-refractivity contribution in [2.24, 2.45) is 0 Å². The van der Waals surface area contributed by atoms with E-state index in [2.05, 4.69) is 18.2 Å². The zero-order chi connectivity index (χ0) is 19.5. The van der Waals surface area contributed by atoms with Crippen molar-refractivity contribution in [3.8, 4) is 11.8 Å². The van der Waals surface area contributed by atoms with Crippen LogP contribution in [0.3, 0.4) is 0 Å². The van der Waals surface area contributed by atoms with Crippen LogP contribution in [0, 0.1) is 11.3 Å². The van der Waals surface area contributed by atoms with Gasteiger partial charge in [0.25, 0.3) is 0 Å². The number of carbonyl (C=O) groups excluding carboxylic acids is 1. The lowest BCUT2D eigenvalue weighted by Crippen LogP contribution is -2.18. The summed E-state index contributed by atoms with van der Waals surface area (Å²) < 4.78 is 6.21. The molecule has 1 atom stereocenters. The highest BCUT2D eigenvalue weighted by Crippen LogP contribution is 2.44. The van der Waals surface area contributed by atoms with Crippen molar-refractivity contribution >= 4 is 28.9 Å². The van der Waals surface area contributed by atoms with Crippen LogP contribution in [0.2, 0.25) is 0 Å². The Bertz CT molecular complexity index is 1030. The van der Waals surface area contributed by atoms with Crippen molar-refractivity contribution in [1.82, 2.24) is 0 Å². The van der Waals surface area contributed by atoms with E-state index < -0.39 is 0 Å². The van der Waals surface area contributed by atoms with Gasteiger partial charge < -0.3 is 4.74 Å². The third-order valence-corrected chi connectivity index (χ3v) is 7.52. The van der Waals surface area contributed by atoms with Gasteiger partial charge in [-0.1, -0.05) is 42.5 Å². The molecule has 0 saturated carbocycles. The third kappa shape index (κ3) is 3.71. The standard InChI is InChI=1S/C23H19NO2S2/c1-26-18-9-7-16(8-10-18)17-11-19-21(13-24)28-23(22(19)20(25)12-17)27-14-15-5-3-2-4-6-15/h2-10,17H,11-12,14H2,1H3/t17-/m0/s1. The molecule has 0 spiro atoms. The molecule has 0 saturated heterocycles. The molecule has 0 N–H and O–H groups in total. The van der Waals surface area contributed by atoms with Crippen LogP contribution in [0.25, 0.3) is 0 Å². The Hall–Kier alpha value is -2.55. The minimum atomic E-state index is 0.111. The molecule has 0 radical (unpaired) electrons. The molecule has 0 amide bonds. The first-order valence-electron chi connectivity index (χ1n) is 9.09. The lowest BCUT2D eigenvalue weighted by atomic mass is 9.80. The second-order valence-corrected chi connectivity index (χ2v) is 9.02. The van der Waals surface area contributed by atoms with E-state index in [1.54, 1.807) is 18.9 Å². The second-order valence-electron chi connectivity index (χ2n) is 6.76. The van der Waals surface area contributed by atoms with Gasteiger partial charge in [0.15, 0.2) is 5.78 Å². The fourth-order valence-corrected chi connectivity index (χ4v) is 6.00. The molecule has 2 aromatic carbocycles. The van der Waals surface area contributed by atoms with Crippen LogP contribution in [0.15, 0.2) is 58.8 Å². The Morgan fingerprint density at radius 2 is 1.89 bits per heavy atom. The number of thioether (sulfide) groups is 1. The second kappa shape index (κ2) is 8.22. The van der Waals surface area contributed by atoms with Crippen molar-refractivity contribution in [2.45, 2.75) is 28.7 Å². The number of rotatable bonds is 5. The fraction of sp³-hybridized carbons (Fsp3) is 0.217. The molecule has 5 heteroatoms. The number of thiophene rings is 1. The maximum Gasteiger partial charge on any atom is 0.165 e. The first-order valence-corrected chi connectivity index (χ1v) is 10.9. The average Bonchev–Trinajstić information content (AvgIpc) is 3.11. The highest BCUT2D eigenvalue weighted by atomic mass is 32.2. The average molecular weight is 406 g/mol. The van der Waals surface area contributed by atoms with Gasteiger partial charge >= 0.3 is 0 Å². The number of Topliss-reactive ketones (excluding diaryl/α,β-unsaturated/α-hetero) is 1. The lowest BCUT2D eigenvalue weighted by Gasteiger charge is -2.23. The van der Waals surface area contributed by atoms with Gasteiger partial charge in [0.1, 0.15) is 16.7 Å². The summed E-state index contributed by atoms with van der Waals surface area (Å²) in [7, 11) is 1.64. The summed E-state index contributed by atoms with van der Waals surface area (Å²) in [6.07, 6.45) is 1.22. The number of nitrogens with zero attached hydrogens (tertiary/aromatic N) is 1. The van der Waals surface area contributed by atoms with Crippen LogP contribution >= 0.6 is 23.1 Å². The van der Waals surface area contributed by atoms with Crippen LogP contribution in [-0.4, -0.2) is 12.9 Å². The predicted molar refractivity (Wildman–Crippen MR) is 113 cm³/mol. The summed E-state index contributed by atoms with van der Waals surface area (Å²) in [6.45, 7) is 0. The molecule has 1 aromatic heterocycles. The Morgan fingerprint density at radius 3 is 2.57 bits per heavy atom. The van der Waals surface area contributed by atoms with Crippen molar-refractivity contribution in [3.05, 3.63) is 81.7 Å². The Labute approximate surface area is 173 Å². The molecule has 4 rings (SSSR count). The van der Waals surface area contributed by atoms with E-state index >= 15 is 0 Å². The molecule has 0 aliphatic heterocycles. The van der Waals surface area contributed by atoms with E-state index in [-0.39, 0.29) is 11.7 Å². The Balaban J connectivity index is 1.60. The van der Waals surface area contributed by atoms with Gasteiger partial charge in [-0.3, -0.25) is 4.79 Å². The molecule has 140 valence electrons. The largest absolute Gasteiger partial charge is 0.497 e. The van der Waals surface area contributed by atoms with E-state index in [9.17, 15) is 10.1 Å². The molecule has 0 unspecified atom stereocenters. The predicted octanol–water partition coefficient (Wildman–Crippen LogP) is 5.83. The van der Waals surface area contributed by atoms with Crippen molar-refractivity contribution in [1.29, 1.82) is 5.26 Å². The number of fused-ring (bicyclic) bond motifs is 1. The summed E-state index contributed by atoms with van der Waals surface area (Å²) in [5.74, 6) is 1.86. The molecule has 3 aromatic rings. The van der Waals surface area contributed by atoms with Gasteiger partial charge in [-0.2, -0.15) is 5.26 Å². The van der Waals surface area contributed by atoms with Gasteiger partial charge in [-0.05, 0) is 41.2 Å². The van der Waals surface area contributed by atoms with Gasteiger partial charge in [0, 0.05) is 17.7 Å². The van der Waals surface area contributed by atoms with Crippen LogP contribution < -0.4 is 4.74 Å². The number of hydrogen-bond acceptors (Lipinski definition) is 5. The van der Waals surface area contributed by atoms with Gasteiger partial charge in [-0.15, -0.1) is 23.1 Å². The molecule has 0 fully saturated rings. The quantitative estimate of drug-likeness (QED) is 0.501. The first kappa shape index (κ1) is 18.8.